The van der Waals surface area contributed by atoms with Crippen LogP contribution in [0.3, 0.4) is 0 Å². The highest BCUT2D eigenvalue weighted by atomic mass is 14.4. The Bertz CT molecular complexity index is 366. The highest BCUT2D eigenvalue weighted by Crippen LogP contribution is 2.50. The molecule has 0 saturated heterocycles. The Kier molecular flexibility index (Phi) is 2.75. The van der Waals surface area contributed by atoms with Crippen LogP contribution in [0.2, 0.25) is 0 Å². The predicted molar refractivity (Wildman–Crippen MR) is 68.6 cm³/mol. The maximum Gasteiger partial charge on any atom is -0.0128 e. The summed E-state index contributed by atoms with van der Waals surface area (Å²) in [4.78, 5) is 0. The molecule has 1 aromatic carbocycles. The summed E-state index contributed by atoms with van der Waals surface area (Å²) in [5.74, 6) is 2.94. The summed E-state index contributed by atoms with van der Waals surface area (Å²) in [6, 6.07) is 9.06. The summed E-state index contributed by atoms with van der Waals surface area (Å²) in [6.07, 6.45) is 8.88. The van der Waals surface area contributed by atoms with Crippen molar-refractivity contribution in [1.29, 1.82) is 0 Å². The fourth-order valence-corrected chi connectivity index (χ4v) is 4.16. The van der Waals surface area contributed by atoms with E-state index in [9.17, 15) is 0 Å². The number of aryl methyl sites for hydroxylation is 1. The SMILES string of the molecule is Cc1ccccc1C1CCCC2CCCC21. The van der Waals surface area contributed by atoms with Gasteiger partial charge in [-0.1, -0.05) is 49.9 Å². The van der Waals surface area contributed by atoms with E-state index < -0.39 is 0 Å². The Morgan fingerprint density at radius 2 is 1.69 bits per heavy atom. The average Bonchev–Trinajstić information content (AvgIpc) is 2.77. The molecule has 0 radical (unpaired) electrons. The average molecular weight is 214 g/mol. The minimum Gasteiger partial charge on any atom is -0.0620 e. The van der Waals surface area contributed by atoms with Crippen LogP contribution in [-0.4, -0.2) is 0 Å². The van der Waals surface area contributed by atoms with Gasteiger partial charge in [0.15, 0.2) is 0 Å². The molecule has 2 fully saturated rings. The lowest BCUT2D eigenvalue weighted by atomic mass is 9.70. The Balaban J connectivity index is 1.91. The first kappa shape index (κ1) is 10.4. The van der Waals surface area contributed by atoms with Crippen LogP contribution in [0.15, 0.2) is 24.3 Å². The maximum atomic E-state index is 2.38. The zero-order chi connectivity index (χ0) is 11.0. The van der Waals surface area contributed by atoms with Gasteiger partial charge in [-0.05, 0) is 48.6 Å². The molecule has 3 atom stereocenters. The van der Waals surface area contributed by atoms with Gasteiger partial charge in [0.25, 0.3) is 0 Å². The van der Waals surface area contributed by atoms with Crippen molar-refractivity contribution < 1.29 is 0 Å². The van der Waals surface area contributed by atoms with Crippen LogP contribution in [0.1, 0.15) is 55.6 Å². The molecule has 3 rings (SSSR count). The lowest BCUT2D eigenvalue weighted by molar-refractivity contribution is 0.237. The topological polar surface area (TPSA) is 0 Å². The predicted octanol–water partition coefficient (Wildman–Crippen LogP) is 4.68. The summed E-state index contributed by atoms with van der Waals surface area (Å²) < 4.78 is 0. The zero-order valence-corrected chi connectivity index (χ0v) is 10.3. The molecule has 0 spiro atoms. The van der Waals surface area contributed by atoms with Crippen LogP contribution < -0.4 is 0 Å². The lowest BCUT2D eigenvalue weighted by Crippen LogP contribution is -2.23. The standard InChI is InChI=1S/C16H22/c1-12-6-2-3-9-14(12)16-11-5-8-13-7-4-10-15(13)16/h2-3,6,9,13,15-16H,4-5,7-8,10-11H2,1H3. The monoisotopic (exact) mass is 214 g/mol. The Hall–Kier alpha value is -0.780. The molecule has 0 heterocycles. The van der Waals surface area contributed by atoms with Crippen molar-refractivity contribution in [2.24, 2.45) is 11.8 Å². The van der Waals surface area contributed by atoms with Crippen molar-refractivity contribution in [2.75, 3.05) is 0 Å². The molecule has 16 heavy (non-hydrogen) atoms. The molecular formula is C16H22. The van der Waals surface area contributed by atoms with Crippen molar-refractivity contribution >= 4 is 0 Å². The third-order valence-corrected chi connectivity index (χ3v) is 4.91. The second-order valence-electron chi connectivity index (χ2n) is 5.75. The molecule has 0 aliphatic heterocycles. The summed E-state index contributed by atoms with van der Waals surface area (Å²) in [6.45, 7) is 2.29. The van der Waals surface area contributed by atoms with Crippen molar-refractivity contribution in [3.05, 3.63) is 35.4 Å². The quantitative estimate of drug-likeness (QED) is 0.637. The van der Waals surface area contributed by atoms with Crippen molar-refractivity contribution in [1.82, 2.24) is 0 Å². The molecule has 2 aliphatic rings. The van der Waals surface area contributed by atoms with Gasteiger partial charge in [-0.3, -0.25) is 0 Å². The molecule has 1 aromatic rings. The van der Waals surface area contributed by atoms with Gasteiger partial charge in [0, 0.05) is 0 Å². The number of hydrogen-bond donors (Lipinski definition) is 0. The van der Waals surface area contributed by atoms with Gasteiger partial charge < -0.3 is 0 Å². The molecule has 0 aromatic heterocycles. The second kappa shape index (κ2) is 4.24. The van der Waals surface area contributed by atoms with Crippen LogP contribution in [-0.2, 0) is 0 Å². The van der Waals surface area contributed by atoms with E-state index >= 15 is 0 Å². The fourth-order valence-electron chi connectivity index (χ4n) is 4.16. The van der Waals surface area contributed by atoms with E-state index in [0.717, 1.165) is 17.8 Å². The van der Waals surface area contributed by atoms with Gasteiger partial charge in [-0.2, -0.15) is 0 Å². The molecule has 2 aliphatic carbocycles. The van der Waals surface area contributed by atoms with E-state index in [4.69, 9.17) is 0 Å². The smallest absolute Gasteiger partial charge is 0.0128 e. The third-order valence-electron chi connectivity index (χ3n) is 4.91. The first-order chi connectivity index (χ1) is 7.86. The van der Waals surface area contributed by atoms with Gasteiger partial charge in [0.1, 0.15) is 0 Å². The normalized spacial score (nSPS) is 33.7. The lowest BCUT2D eigenvalue weighted by Gasteiger charge is -2.35. The van der Waals surface area contributed by atoms with E-state index in [1.165, 1.54) is 44.1 Å². The number of rotatable bonds is 1. The maximum absolute atomic E-state index is 2.38. The highest BCUT2D eigenvalue weighted by molar-refractivity contribution is 5.30. The largest absolute Gasteiger partial charge is 0.0620 e. The number of fused-ring (bicyclic) bond motifs is 1. The molecule has 0 bridgehead atoms. The Morgan fingerprint density at radius 3 is 2.50 bits per heavy atom. The minimum atomic E-state index is 0.877. The molecule has 2 saturated carbocycles. The molecule has 0 amide bonds. The summed E-state index contributed by atoms with van der Waals surface area (Å²) >= 11 is 0. The van der Waals surface area contributed by atoms with Crippen LogP contribution >= 0.6 is 0 Å². The van der Waals surface area contributed by atoms with E-state index in [0.29, 0.717) is 0 Å². The zero-order valence-electron chi connectivity index (χ0n) is 10.3. The summed E-state index contributed by atoms with van der Waals surface area (Å²) in [7, 11) is 0. The minimum absolute atomic E-state index is 0.877. The fraction of sp³-hybridized carbons (Fsp3) is 0.625. The van der Waals surface area contributed by atoms with Crippen LogP contribution in [0.4, 0.5) is 0 Å². The summed E-state index contributed by atoms with van der Waals surface area (Å²) in [5, 5.41) is 0. The van der Waals surface area contributed by atoms with Crippen molar-refractivity contribution in [3.8, 4) is 0 Å². The molecule has 0 nitrogen and oxygen atoms in total. The van der Waals surface area contributed by atoms with E-state index in [2.05, 4.69) is 31.2 Å². The number of hydrogen-bond acceptors (Lipinski definition) is 0. The summed E-state index contributed by atoms with van der Waals surface area (Å²) in [5.41, 5.74) is 3.17. The van der Waals surface area contributed by atoms with Gasteiger partial charge in [-0.15, -0.1) is 0 Å². The van der Waals surface area contributed by atoms with Crippen LogP contribution in [0.5, 0.6) is 0 Å². The first-order valence-corrected chi connectivity index (χ1v) is 6.92. The number of benzene rings is 1. The molecular weight excluding hydrogens is 192 g/mol. The van der Waals surface area contributed by atoms with Crippen molar-refractivity contribution in [3.63, 3.8) is 0 Å². The van der Waals surface area contributed by atoms with Gasteiger partial charge in [-0.25, -0.2) is 0 Å². The highest BCUT2D eigenvalue weighted by Gasteiger charge is 2.37. The Morgan fingerprint density at radius 1 is 0.938 bits per heavy atom. The molecule has 86 valence electrons. The van der Waals surface area contributed by atoms with Gasteiger partial charge in [0.05, 0.1) is 0 Å². The van der Waals surface area contributed by atoms with E-state index in [-0.39, 0.29) is 0 Å². The van der Waals surface area contributed by atoms with E-state index in [1.807, 2.05) is 0 Å². The van der Waals surface area contributed by atoms with E-state index in [1.54, 1.807) is 5.56 Å². The van der Waals surface area contributed by atoms with Gasteiger partial charge in [0.2, 0.25) is 0 Å². The molecule has 0 heteroatoms. The third kappa shape index (κ3) is 1.69. The van der Waals surface area contributed by atoms with Crippen molar-refractivity contribution in [2.45, 2.75) is 51.4 Å². The van der Waals surface area contributed by atoms with Crippen LogP contribution in [0.25, 0.3) is 0 Å². The van der Waals surface area contributed by atoms with Crippen LogP contribution in [0, 0.1) is 18.8 Å². The Labute approximate surface area is 99.1 Å². The first-order valence-electron chi connectivity index (χ1n) is 6.92. The molecule has 0 N–H and O–H groups in total. The molecule has 3 unspecified atom stereocenters. The second-order valence-corrected chi connectivity index (χ2v) is 5.75. The van der Waals surface area contributed by atoms with Gasteiger partial charge >= 0.3 is 0 Å².